The third kappa shape index (κ3) is 6.14. The van der Waals surface area contributed by atoms with Gasteiger partial charge in [-0.05, 0) is 43.0 Å². The number of sulfonamides is 1. The van der Waals surface area contributed by atoms with E-state index in [0.29, 0.717) is 25.3 Å². The minimum absolute atomic E-state index is 0.0327. The number of carbonyl (C=O) groups is 1. The van der Waals surface area contributed by atoms with E-state index >= 15 is 0 Å². The van der Waals surface area contributed by atoms with E-state index in [1.165, 1.54) is 10.4 Å². The highest BCUT2D eigenvalue weighted by Crippen LogP contribution is 2.25. The van der Waals surface area contributed by atoms with Gasteiger partial charge in [0.25, 0.3) is 0 Å². The second kappa shape index (κ2) is 10.5. The number of amides is 1. The van der Waals surface area contributed by atoms with Crippen LogP contribution in [0.4, 0.5) is 5.69 Å². The highest BCUT2D eigenvalue weighted by Gasteiger charge is 2.26. The molecular formula is C23H28N4O3S. The number of nitriles is 1. The highest BCUT2D eigenvalue weighted by molar-refractivity contribution is 7.89. The van der Waals surface area contributed by atoms with Crippen molar-refractivity contribution in [3.8, 4) is 6.07 Å². The molecule has 0 aliphatic carbocycles. The summed E-state index contributed by atoms with van der Waals surface area (Å²) >= 11 is 0. The van der Waals surface area contributed by atoms with Crippen molar-refractivity contribution in [3.63, 3.8) is 0 Å². The van der Waals surface area contributed by atoms with Crippen LogP contribution in [0, 0.1) is 18.3 Å². The normalized spacial score (nSPS) is 14.9. The Bertz CT molecular complexity index is 1040. The summed E-state index contributed by atoms with van der Waals surface area (Å²) < 4.78 is 27.5. The lowest BCUT2D eigenvalue weighted by Crippen LogP contribution is -2.35. The first-order valence-electron chi connectivity index (χ1n) is 10.4. The maximum absolute atomic E-state index is 13.0. The molecule has 0 spiro atoms. The molecule has 2 aromatic rings. The number of hydrogen-bond acceptors (Lipinski definition) is 5. The predicted molar refractivity (Wildman–Crippen MR) is 120 cm³/mol. The molecule has 0 saturated carbocycles. The van der Waals surface area contributed by atoms with Crippen LogP contribution in [0.3, 0.4) is 0 Å². The zero-order chi connectivity index (χ0) is 22.3. The van der Waals surface area contributed by atoms with E-state index in [1.807, 2.05) is 37.3 Å². The number of carbonyl (C=O) groups excluding carboxylic acids is 1. The van der Waals surface area contributed by atoms with Crippen molar-refractivity contribution in [2.45, 2.75) is 37.6 Å². The van der Waals surface area contributed by atoms with Crippen molar-refractivity contribution in [1.82, 2.24) is 9.21 Å². The molecule has 0 atom stereocenters. The van der Waals surface area contributed by atoms with Gasteiger partial charge in [0.05, 0.1) is 24.1 Å². The van der Waals surface area contributed by atoms with Crippen molar-refractivity contribution in [3.05, 3.63) is 59.7 Å². The van der Waals surface area contributed by atoms with Gasteiger partial charge in [0.2, 0.25) is 15.9 Å². The molecule has 1 amide bonds. The first-order valence-corrected chi connectivity index (χ1v) is 11.9. The summed E-state index contributed by atoms with van der Waals surface area (Å²) in [4.78, 5) is 14.6. The molecule has 1 fully saturated rings. The lowest BCUT2D eigenvalue weighted by molar-refractivity contribution is -0.117. The summed E-state index contributed by atoms with van der Waals surface area (Å²) in [6.07, 6.45) is 2.78. The maximum atomic E-state index is 13.0. The van der Waals surface area contributed by atoms with Gasteiger partial charge in [0.1, 0.15) is 0 Å². The number of aryl methyl sites for hydroxylation is 1. The number of hydrogen-bond donors (Lipinski definition) is 1. The van der Waals surface area contributed by atoms with E-state index in [9.17, 15) is 13.2 Å². The molecule has 1 aliphatic rings. The standard InChI is InChI=1S/C23H28N4O3S/c1-19-10-11-21(31(29,30)27-13-6-3-7-14-27)16-22(19)25-23(28)18-26(15-12-24)17-20-8-4-2-5-9-20/h2,4-5,8-11,16H,3,6-7,13-15,17-18H2,1H3,(H,25,28). The van der Waals surface area contributed by atoms with Gasteiger partial charge in [-0.3, -0.25) is 9.69 Å². The molecule has 1 saturated heterocycles. The van der Waals surface area contributed by atoms with E-state index in [4.69, 9.17) is 5.26 Å². The third-order valence-electron chi connectivity index (χ3n) is 5.35. The Hall–Kier alpha value is -2.73. The molecule has 3 rings (SSSR count). The van der Waals surface area contributed by atoms with Gasteiger partial charge in [-0.15, -0.1) is 0 Å². The van der Waals surface area contributed by atoms with Crippen molar-refractivity contribution in [2.75, 3.05) is 31.5 Å². The minimum atomic E-state index is -3.58. The van der Waals surface area contributed by atoms with Crippen LogP contribution in [0.2, 0.25) is 0 Å². The van der Waals surface area contributed by atoms with Crippen LogP contribution in [-0.4, -0.2) is 49.7 Å². The SMILES string of the molecule is Cc1ccc(S(=O)(=O)N2CCCCC2)cc1NC(=O)CN(CC#N)Cc1ccccc1. The summed E-state index contributed by atoms with van der Waals surface area (Å²) in [5.41, 5.74) is 2.26. The van der Waals surface area contributed by atoms with Crippen LogP contribution in [-0.2, 0) is 21.4 Å². The predicted octanol–water partition coefficient (Wildman–Crippen LogP) is 3.13. The molecule has 2 aromatic carbocycles. The first kappa shape index (κ1) is 22.9. The fourth-order valence-corrected chi connectivity index (χ4v) is 5.20. The Labute approximate surface area is 184 Å². The first-order chi connectivity index (χ1) is 14.9. The van der Waals surface area contributed by atoms with E-state index in [1.54, 1.807) is 17.0 Å². The summed E-state index contributed by atoms with van der Waals surface area (Å²) in [7, 11) is -3.58. The van der Waals surface area contributed by atoms with E-state index in [-0.39, 0.29) is 23.9 Å². The molecule has 0 unspecified atom stereocenters. The van der Waals surface area contributed by atoms with Crippen LogP contribution in [0.5, 0.6) is 0 Å². The zero-order valence-corrected chi connectivity index (χ0v) is 18.6. The van der Waals surface area contributed by atoms with E-state index in [2.05, 4.69) is 11.4 Å². The largest absolute Gasteiger partial charge is 0.325 e. The molecule has 0 bridgehead atoms. The second-order valence-electron chi connectivity index (χ2n) is 7.78. The number of piperidine rings is 1. The number of benzene rings is 2. The van der Waals surface area contributed by atoms with Crippen LogP contribution < -0.4 is 5.32 Å². The minimum Gasteiger partial charge on any atom is -0.325 e. The molecule has 1 N–H and O–H groups in total. The summed E-state index contributed by atoms with van der Waals surface area (Å²) in [6.45, 7) is 3.50. The van der Waals surface area contributed by atoms with Gasteiger partial charge in [-0.2, -0.15) is 9.57 Å². The lowest BCUT2D eigenvalue weighted by Gasteiger charge is -2.26. The average molecular weight is 441 g/mol. The summed E-state index contributed by atoms with van der Waals surface area (Å²) in [5, 5.41) is 11.9. The lowest BCUT2D eigenvalue weighted by atomic mass is 10.2. The zero-order valence-electron chi connectivity index (χ0n) is 17.8. The van der Waals surface area contributed by atoms with E-state index in [0.717, 1.165) is 30.4 Å². The molecular weight excluding hydrogens is 412 g/mol. The Morgan fingerprint density at radius 2 is 1.84 bits per heavy atom. The maximum Gasteiger partial charge on any atom is 0.243 e. The van der Waals surface area contributed by atoms with Crippen molar-refractivity contribution in [2.24, 2.45) is 0 Å². The molecule has 1 aliphatic heterocycles. The van der Waals surface area contributed by atoms with Crippen LogP contribution >= 0.6 is 0 Å². The Morgan fingerprint density at radius 1 is 1.13 bits per heavy atom. The van der Waals surface area contributed by atoms with Crippen molar-refractivity contribution in [1.29, 1.82) is 5.26 Å². The fraction of sp³-hybridized carbons (Fsp3) is 0.391. The van der Waals surface area contributed by atoms with Gasteiger partial charge in [0, 0.05) is 25.3 Å². The Balaban J connectivity index is 1.71. The topological polar surface area (TPSA) is 93.5 Å². The number of rotatable bonds is 8. The molecule has 31 heavy (non-hydrogen) atoms. The Kier molecular flexibility index (Phi) is 7.80. The Morgan fingerprint density at radius 3 is 2.52 bits per heavy atom. The second-order valence-corrected chi connectivity index (χ2v) is 9.72. The monoisotopic (exact) mass is 440 g/mol. The number of nitrogens with zero attached hydrogens (tertiary/aromatic N) is 3. The van der Waals surface area contributed by atoms with Gasteiger partial charge < -0.3 is 5.32 Å². The average Bonchev–Trinajstić information content (AvgIpc) is 2.76. The summed E-state index contributed by atoms with van der Waals surface area (Å²) in [6, 6.07) is 16.6. The van der Waals surface area contributed by atoms with Gasteiger partial charge in [-0.25, -0.2) is 8.42 Å². The van der Waals surface area contributed by atoms with Crippen LogP contribution in [0.15, 0.2) is 53.4 Å². The molecule has 7 nitrogen and oxygen atoms in total. The van der Waals surface area contributed by atoms with Gasteiger partial charge in [-0.1, -0.05) is 42.8 Å². The molecule has 164 valence electrons. The number of nitrogens with one attached hydrogen (secondary N) is 1. The van der Waals surface area contributed by atoms with E-state index < -0.39 is 10.0 Å². The van der Waals surface area contributed by atoms with Crippen LogP contribution in [0.25, 0.3) is 0 Å². The molecule has 0 aromatic heterocycles. The highest BCUT2D eigenvalue weighted by atomic mass is 32.2. The molecule has 0 radical (unpaired) electrons. The quantitative estimate of drug-likeness (QED) is 0.637. The van der Waals surface area contributed by atoms with Gasteiger partial charge >= 0.3 is 0 Å². The smallest absolute Gasteiger partial charge is 0.243 e. The molecule has 1 heterocycles. The molecule has 8 heteroatoms. The van der Waals surface area contributed by atoms with Crippen molar-refractivity contribution < 1.29 is 13.2 Å². The number of anilines is 1. The third-order valence-corrected chi connectivity index (χ3v) is 7.24. The van der Waals surface area contributed by atoms with Gasteiger partial charge in [0.15, 0.2) is 0 Å². The fourth-order valence-electron chi connectivity index (χ4n) is 3.65. The summed E-state index contributed by atoms with van der Waals surface area (Å²) in [5.74, 6) is -0.290. The van der Waals surface area contributed by atoms with Crippen molar-refractivity contribution >= 4 is 21.6 Å². The van der Waals surface area contributed by atoms with Crippen LogP contribution in [0.1, 0.15) is 30.4 Å².